The molecule has 0 bridgehead atoms. The number of Topliss-reactive ketones (excluding diaryl/α,β-unsaturated/α-hetero) is 1. The number of nitrogens with zero attached hydrogens (tertiary/aromatic N) is 1. The summed E-state index contributed by atoms with van der Waals surface area (Å²) in [5.41, 5.74) is -0.0462. The lowest BCUT2D eigenvalue weighted by atomic mass is 10.1. The molecule has 0 fully saturated rings. The van der Waals surface area contributed by atoms with Crippen LogP contribution in [0.15, 0.2) is 40.1 Å². The van der Waals surface area contributed by atoms with Gasteiger partial charge in [-0.1, -0.05) is 12.1 Å². The smallest absolute Gasteiger partial charge is 0.297 e. The fraction of sp³-hybridized carbons (Fsp3) is 0.214. The summed E-state index contributed by atoms with van der Waals surface area (Å²) in [7, 11) is 0. The van der Waals surface area contributed by atoms with Gasteiger partial charge in [0, 0.05) is 18.2 Å². The summed E-state index contributed by atoms with van der Waals surface area (Å²) in [5.74, 6) is -0.571. The molecule has 0 aliphatic rings. The second-order valence-electron chi connectivity index (χ2n) is 4.54. The van der Waals surface area contributed by atoms with Crippen LogP contribution in [0.1, 0.15) is 11.1 Å². The number of aromatic nitrogens is 2. The highest BCUT2D eigenvalue weighted by Crippen LogP contribution is 2.04. The van der Waals surface area contributed by atoms with Crippen LogP contribution in [0, 0.1) is 12.7 Å². The molecule has 0 aliphatic heterocycles. The van der Waals surface area contributed by atoms with Crippen LogP contribution in [-0.4, -0.2) is 15.3 Å². The van der Waals surface area contributed by atoms with E-state index in [0.29, 0.717) is 11.1 Å². The first-order chi connectivity index (χ1) is 9.45. The number of ketones is 1. The summed E-state index contributed by atoms with van der Waals surface area (Å²) in [6.45, 7) is 1.42. The molecule has 0 saturated heterocycles. The van der Waals surface area contributed by atoms with Gasteiger partial charge in [-0.05, 0) is 24.6 Å². The Labute approximate surface area is 113 Å². The first-order valence-electron chi connectivity index (χ1n) is 6.02. The molecule has 0 amide bonds. The number of carbonyl (C=O) groups excluding carboxylic acids is 1. The van der Waals surface area contributed by atoms with E-state index in [4.69, 9.17) is 0 Å². The van der Waals surface area contributed by atoms with Gasteiger partial charge < -0.3 is 0 Å². The molecule has 0 unspecified atom stereocenters. The number of aryl methyl sites for hydroxylation is 1. The van der Waals surface area contributed by atoms with E-state index in [9.17, 15) is 18.8 Å². The number of halogens is 1. The first kappa shape index (κ1) is 13.9. The van der Waals surface area contributed by atoms with Gasteiger partial charge in [-0.25, -0.2) is 9.18 Å². The van der Waals surface area contributed by atoms with Crippen molar-refractivity contribution in [1.82, 2.24) is 9.55 Å². The van der Waals surface area contributed by atoms with Crippen LogP contribution in [0.2, 0.25) is 0 Å². The molecule has 0 aliphatic carbocycles. The monoisotopic (exact) mass is 276 g/mol. The predicted octanol–water partition coefficient (Wildman–Crippen LogP) is 0.796. The third-order valence-corrected chi connectivity index (χ3v) is 2.85. The topological polar surface area (TPSA) is 71.9 Å². The molecule has 2 rings (SSSR count). The SMILES string of the molecule is Cc1cn(CC(=O)Cc2ccc(F)cc2)c(=O)[nH]c1=O. The number of carbonyl (C=O) groups is 1. The molecule has 104 valence electrons. The molecule has 0 radical (unpaired) electrons. The fourth-order valence-corrected chi connectivity index (χ4v) is 1.81. The van der Waals surface area contributed by atoms with Gasteiger partial charge in [-0.2, -0.15) is 0 Å². The average molecular weight is 276 g/mol. The van der Waals surface area contributed by atoms with E-state index in [1.807, 2.05) is 0 Å². The third kappa shape index (κ3) is 3.28. The van der Waals surface area contributed by atoms with Gasteiger partial charge in [0.15, 0.2) is 5.78 Å². The highest BCUT2D eigenvalue weighted by atomic mass is 19.1. The Kier molecular flexibility index (Phi) is 3.93. The second kappa shape index (κ2) is 5.64. The summed E-state index contributed by atoms with van der Waals surface area (Å²) < 4.78 is 13.9. The molecular weight excluding hydrogens is 263 g/mol. The van der Waals surface area contributed by atoms with E-state index in [1.165, 1.54) is 30.5 Å². The van der Waals surface area contributed by atoms with Gasteiger partial charge in [-0.15, -0.1) is 0 Å². The van der Waals surface area contributed by atoms with E-state index in [-0.39, 0.29) is 24.6 Å². The summed E-state index contributed by atoms with van der Waals surface area (Å²) >= 11 is 0. The Morgan fingerprint density at radius 1 is 1.25 bits per heavy atom. The Morgan fingerprint density at radius 3 is 2.55 bits per heavy atom. The van der Waals surface area contributed by atoms with Crippen LogP contribution < -0.4 is 11.2 Å². The van der Waals surface area contributed by atoms with Crippen LogP contribution in [0.5, 0.6) is 0 Å². The highest BCUT2D eigenvalue weighted by Gasteiger charge is 2.08. The zero-order chi connectivity index (χ0) is 14.7. The van der Waals surface area contributed by atoms with Crippen LogP contribution in [0.25, 0.3) is 0 Å². The van der Waals surface area contributed by atoms with Crippen molar-refractivity contribution in [3.8, 4) is 0 Å². The number of nitrogens with one attached hydrogen (secondary N) is 1. The van der Waals surface area contributed by atoms with Crippen molar-refractivity contribution in [2.24, 2.45) is 0 Å². The maximum atomic E-state index is 12.7. The fourth-order valence-electron chi connectivity index (χ4n) is 1.81. The standard InChI is InChI=1S/C14H13FN2O3/c1-9-7-17(14(20)16-13(9)19)8-12(18)6-10-2-4-11(15)5-3-10/h2-5,7H,6,8H2,1H3,(H,16,19,20). The number of aromatic amines is 1. The molecule has 6 heteroatoms. The van der Waals surface area contributed by atoms with E-state index in [0.717, 1.165) is 4.57 Å². The lowest BCUT2D eigenvalue weighted by Gasteiger charge is -2.05. The van der Waals surface area contributed by atoms with Crippen LogP contribution in [-0.2, 0) is 17.8 Å². The first-order valence-corrected chi connectivity index (χ1v) is 6.02. The number of H-pyrrole nitrogens is 1. The number of hydrogen-bond donors (Lipinski definition) is 1. The van der Waals surface area contributed by atoms with Crippen molar-refractivity contribution in [2.75, 3.05) is 0 Å². The summed E-state index contributed by atoms with van der Waals surface area (Å²) in [6.07, 6.45) is 1.45. The minimum atomic E-state index is -0.618. The molecule has 0 saturated carbocycles. The molecule has 0 atom stereocenters. The normalized spacial score (nSPS) is 10.5. The van der Waals surface area contributed by atoms with Crippen molar-refractivity contribution in [3.63, 3.8) is 0 Å². The number of hydrogen-bond acceptors (Lipinski definition) is 3. The lowest BCUT2D eigenvalue weighted by Crippen LogP contribution is -2.33. The Hall–Kier alpha value is -2.50. The van der Waals surface area contributed by atoms with E-state index in [2.05, 4.69) is 4.98 Å². The molecule has 0 spiro atoms. The van der Waals surface area contributed by atoms with Crippen molar-refractivity contribution in [1.29, 1.82) is 0 Å². The summed E-state index contributed by atoms with van der Waals surface area (Å²) in [5, 5.41) is 0. The Morgan fingerprint density at radius 2 is 1.90 bits per heavy atom. The number of benzene rings is 1. The predicted molar refractivity (Wildman–Crippen MR) is 71.2 cm³/mol. The molecule has 1 N–H and O–H groups in total. The van der Waals surface area contributed by atoms with Gasteiger partial charge in [0.2, 0.25) is 0 Å². The minimum Gasteiger partial charge on any atom is -0.297 e. The highest BCUT2D eigenvalue weighted by molar-refractivity contribution is 5.80. The average Bonchev–Trinajstić information content (AvgIpc) is 2.39. The molecule has 1 aromatic heterocycles. The zero-order valence-electron chi connectivity index (χ0n) is 10.9. The van der Waals surface area contributed by atoms with E-state index < -0.39 is 11.2 Å². The van der Waals surface area contributed by atoms with Crippen LogP contribution in [0.4, 0.5) is 4.39 Å². The van der Waals surface area contributed by atoms with Crippen LogP contribution >= 0.6 is 0 Å². The molecular formula is C14H13FN2O3. The van der Waals surface area contributed by atoms with E-state index in [1.54, 1.807) is 6.92 Å². The quantitative estimate of drug-likeness (QED) is 0.897. The zero-order valence-corrected chi connectivity index (χ0v) is 10.9. The Balaban J connectivity index is 2.12. The minimum absolute atomic E-state index is 0.102. The van der Waals surface area contributed by atoms with Crippen LogP contribution in [0.3, 0.4) is 0 Å². The van der Waals surface area contributed by atoms with Gasteiger partial charge in [0.25, 0.3) is 5.56 Å². The molecule has 20 heavy (non-hydrogen) atoms. The molecule has 1 aromatic carbocycles. The summed E-state index contributed by atoms with van der Waals surface area (Å²) in [6, 6.07) is 5.60. The van der Waals surface area contributed by atoms with Gasteiger partial charge >= 0.3 is 5.69 Å². The lowest BCUT2D eigenvalue weighted by molar-refractivity contribution is -0.119. The Bertz CT molecular complexity index is 744. The van der Waals surface area contributed by atoms with Crippen molar-refractivity contribution >= 4 is 5.78 Å². The van der Waals surface area contributed by atoms with E-state index >= 15 is 0 Å². The molecule has 1 heterocycles. The van der Waals surface area contributed by atoms with Gasteiger partial charge in [0.1, 0.15) is 5.82 Å². The maximum absolute atomic E-state index is 12.7. The molecule has 2 aromatic rings. The number of rotatable bonds is 4. The van der Waals surface area contributed by atoms with Crippen molar-refractivity contribution in [2.45, 2.75) is 19.9 Å². The third-order valence-electron chi connectivity index (χ3n) is 2.85. The van der Waals surface area contributed by atoms with Crippen molar-refractivity contribution in [3.05, 3.63) is 68.2 Å². The van der Waals surface area contributed by atoms with Gasteiger partial charge in [-0.3, -0.25) is 19.1 Å². The molecule has 5 nitrogen and oxygen atoms in total. The maximum Gasteiger partial charge on any atom is 0.328 e. The summed E-state index contributed by atoms with van der Waals surface area (Å²) in [4.78, 5) is 36.7. The van der Waals surface area contributed by atoms with Crippen molar-refractivity contribution < 1.29 is 9.18 Å². The second-order valence-corrected chi connectivity index (χ2v) is 4.54. The largest absolute Gasteiger partial charge is 0.328 e. The van der Waals surface area contributed by atoms with Gasteiger partial charge in [0.05, 0.1) is 6.54 Å².